The average molecular weight is 262 g/mol. The van der Waals surface area contributed by atoms with Crippen molar-refractivity contribution in [1.29, 1.82) is 0 Å². The molecule has 3 nitrogen and oxygen atoms in total. The van der Waals surface area contributed by atoms with Crippen LogP contribution in [0.1, 0.15) is 25.3 Å². The quantitative estimate of drug-likeness (QED) is 0.796. The summed E-state index contributed by atoms with van der Waals surface area (Å²) < 4.78 is 40.6. The summed E-state index contributed by atoms with van der Waals surface area (Å²) in [4.78, 5) is 4.01. The second-order valence-corrected chi connectivity index (χ2v) is 4.00. The molecule has 6 heteroatoms. The van der Waals surface area contributed by atoms with Gasteiger partial charge in [0.15, 0.2) is 6.61 Å². The molecule has 0 aliphatic carbocycles. The molecule has 1 heterocycles. The molecule has 1 aromatic heterocycles. The van der Waals surface area contributed by atoms with Gasteiger partial charge < -0.3 is 10.1 Å². The lowest BCUT2D eigenvalue weighted by Gasteiger charge is -2.12. The molecule has 1 N–H and O–H groups in total. The van der Waals surface area contributed by atoms with Crippen LogP contribution in [0.15, 0.2) is 12.1 Å². The Hall–Kier alpha value is -1.46. The minimum absolute atomic E-state index is 0.0167. The second-order valence-electron chi connectivity index (χ2n) is 4.00. The topological polar surface area (TPSA) is 34.2 Å². The molecule has 0 aromatic carbocycles. The van der Waals surface area contributed by atoms with Crippen LogP contribution < -0.4 is 10.1 Å². The fourth-order valence-electron chi connectivity index (χ4n) is 1.31. The van der Waals surface area contributed by atoms with Crippen LogP contribution in [-0.2, 0) is 0 Å². The summed E-state index contributed by atoms with van der Waals surface area (Å²) in [6.45, 7) is 3.32. The highest BCUT2D eigenvalue weighted by Crippen LogP contribution is 2.20. The van der Waals surface area contributed by atoms with Crippen molar-refractivity contribution in [3.8, 4) is 5.88 Å². The van der Waals surface area contributed by atoms with Gasteiger partial charge in [-0.2, -0.15) is 18.2 Å². The number of hydrogen-bond donors (Lipinski definition) is 1. The first kappa shape index (κ1) is 14.6. The molecule has 1 aromatic rings. The maximum absolute atomic E-state index is 12.0. The Labute approximate surface area is 104 Å². The highest BCUT2D eigenvalue weighted by molar-refractivity contribution is 5.45. The number of unbranched alkanes of at least 4 members (excludes halogenated alkanes) is 1. The zero-order valence-electron chi connectivity index (χ0n) is 10.5. The van der Waals surface area contributed by atoms with E-state index in [4.69, 9.17) is 0 Å². The van der Waals surface area contributed by atoms with Crippen molar-refractivity contribution in [2.45, 2.75) is 32.9 Å². The normalized spacial score (nSPS) is 11.4. The monoisotopic (exact) mass is 262 g/mol. The van der Waals surface area contributed by atoms with Crippen molar-refractivity contribution in [2.24, 2.45) is 0 Å². The number of nitrogens with zero attached hydrogens (tertiary/aromatic N) is 1. The van der Waals surface area contributed by atoms with Crippen LogP contribution in [0.5, 0.6) is 5.88 Å². The van der Waals surface area contributed by atoms with Crippen LogP contribution in [0.25, 0.3) is 0 Å². The van der Waals surface area contributed by atoms with Crippen molar-refractivity contribution >= 4 is 5.82 Å². The summed E-state index contributed by atoms with van der Waals surface area (Å²) in [5.74, 6) is 0.556. The predicted octanol–water partition coefficient (Wildman–Crippen LogP) is 3.54. The summed E-state index contributed by atoms with van der Waals surface area (Å²) in [5.41, 5.74) is 0.880. The largest absolute Gasteiger partial charge is 0.468 e. The van der Waals surface area contributed by atoms with Crippen molar-refractivity contribution in [2.75, 3.05) is 18.5 Å². The van der Waals surface area contributed by atoms with E-state index in [9.17, 15) is 13.2 Å². The van der Waals surface area contributed by atoms with Gasteiger partial charge in [-0.1, -0.05) is 19.4 Å². The lowest BCUT2D eigenvalue weighted by molar-refractivity contribution is -0.154. The van der Waals surface area contributed by atoms with Gasteiger partial charge in [-0.05, 0) is 18.9 Å². The van der Waals surface area contributed by atoms with E-state index in [2.05, 4.69) is 22.0 Å². The number of anilines is 1. The fraction of sp³-hybridized carbons (Fsp3) is 0.583. The summed E-state index contributed by atoms with van der Waals surface area (Å²) in [6, 6.07) is 3.12. The van der Waals surface area contributed by atoms with Gasteiger partial charge in [0.05, 0.1) is 0 Å². The molecule has 1 rings (SSSR count). The number of alkyl halides is 3. The molecule has 0 aliphatic heterocycles. The second kappa shape index (κ2) is 6.47. The van der Waals surface area contributed by atoms with E-state index in [1.165, 1.54) is 6.07 Å². The zero-order chi connectivity index (χ0) is 13.6. The van der Waals surface area contributed by atoms with Crippen molar-refractivity contribution in [1.82, 2.24) is 4.98 Å². The Morgan fingerprint density at radius 3 is 2.67 bits per heavy atom. The van der Waals surface area contributed by atoms with E-state index in [0.717, 1.165) is 24.9 Å². The third kappa shape index (κ3) is 5.25. The smallest absolute Gasteiger partial charge is 0.422 e. The number of rotatable bonds is 6. The van der Waals surface area contributed by atoms with Crippen molar-refractivity contribution in [3.05, 3.63) is 17.7 Å². The highest BCUT2D eigenvalue weighted by atomic mass is 19.4. The summed E-state index contributed by atoms with van der Waals surface area (Å²) >= 11 is 0. The average Bonchev–Trinajstić information content (AvgIpc) is 2.29. The Morgan fingerprint density at radius 1 is 1.33 bits per heavy atom. The molecule has 102 valence electrons. The third-order valence-corrected chi connectivity index (χ3v) is 2.28. The highest BCUT2D eigenvalue weighted by Gasteiger charge is 2.28. The van der Waals surface area contributed by atoms with Crippen LogP contribution in [0, 0.1) is 6.92 Å². The molecule has 0 unspecified atom stereocenters. The lowest BCUT2D eigenvalue weighted by atomic mass is 10.2. The third-order valence-electron chi connectivity index (χ3n) is 2.28. The number of pyridine rings is 1. The minimum atomic E-state index is -4.34. The lowest BCUT2D eigenvalue weighted by Crippen LogP contribution is -2.19. The molecule has 0 spiro atoms. The number of hydrogen-bond acceptors (Lipinski definition) is 3. The van der Waals surface area contributed by atoms with Crippen LogP contribution in [0.2, 0.25) is 0 Å². The molecular formula is C12H17F3N2O. The maximum Gasteiger partial charge on any atom is 0.422 e. The van der Waals surface area contributed by atoms with E-state index in [0.29, 0.717) is 5.82 Å². The van der Waals surface area contributed by atoms with Crippen molar-refractivity contribution < 1.29 is 17.9 Å². The molecule has 0 radical (unpaired) electrons. The fourth-order valence-corrected chi connectivity index (χ4v) is 1.31. The Kier molecular flexibility index (Phi) is 5.25. The SMILES string of the molecule is CCCCNc1nc(OCC(F)(F)F)ccc1C. The molecule has 0 saturated carbocycles. The van der Waals surface area contributed by atoms with Crippen LogP contribution >= 0.6 is 0 Å². The summed E-state index contributed by atoms with van der Waals surface area (Å²) in [6.07, 6.45) is -2.33. The molecular weight excluding hydrogens is 245 g/mol. The number of aromatic nitrogens is 1. The molecule has 0 amide bonds. The van der Waals surface area contributed by atoms with Crippen molar-refractivity contribution in [3.63, 3.8) is 0 Å². The van der Waals surface area contributed by atoms with Gasteiger partial charge >= 0.3 is 6.18 Å². The molecule has 0 atom stereocenters. The number of aryl methyl sites for hydroxylation is 1. The van der Waals surface area contributed by atoms with E-state index < -0.39 is 12.8 Å². The van der Waals surface area contributed by atoms with E-state index in [1.807, 2.05) is 6.92 Å². The number of halogens is 3. The van der Waals surface area contributed by atoms with Crippen LogP contribution in [0.4, 0.5) is 19.0 Å². The van der Waals surface area contributed by atoms with Crippen LogP contribution in [-0.4, -0.2) is 24.3 Å². The van der Waals surface area contributed by atoms with E-state index >= 15 is 0 Å². The van der Waals surface area contributed by atoms with Gasteiger partial charge in [-0.3, -0.25) is 0 Å². The minimum Gasteiger partial charge on any atom is -0.468 e. The first-order valence-electron chi connectivity index (χ1n) is 5.83. The first-order chi connectivity index (χ1) is 8.42. The molecule has 0 bridgehead atoms. The van der Waals surface area contributed by atoms with Gasteiger partial charge in [-0.15, -0.1) is 0 Å². The van der Waals surface area contributed by atoms with Gasteiger partial charge in [-0.25, -0.2) is 0 Å². The first-order valence-corrected chi connectivity index (χ1v) is 5.83. The van der Waals surface area contributed by atoms with E-state index in [1.54, 1.807) is 6.07 Å². The van der Waals surface area contributed by atoms with Gasteiger partial charge in [0.2, 0.25) is 5.88 Å². The molecule has 0 fully saturated rings. The van der Waals surface area contributed by atoms with Gasteiger partial charge in [0.1, 0.15) is 5.82 Å². The Bertz CT molecular complexity index is 380. The summed E-state index contributed by atoms with van der Waals surface area (Å²) in [5, 5.41) is 3.08. The van der Waals surface area contributed by atoms with E-state index in [-0.39, 0.29) is 5.88 Å². The molecule has 0 aliphatic rings. The molecule has 0 saturated heterocycles. The standard InChI is InChI=1S/C12H17F3N2O/c1-3-4-7-16-11-9(2)5-6-10(17-11)18-8-12(13,14)15/h5-6H,3-4,7-8H2,1-2H3,(H,16,17). The van der Waals surface area contributed by atoms with Crippen LogP contribution in [0.3, 0.4) is 0 Å². The predicted molar refractivity (Wildman–Crippen MR) is 63.9 cm³/mol. The summed E-state index contributed by atoms with van der Waals surface area (Å²) in [7, 11) is 0. The Balaban J connectivity index is 2.62. The molecule has 18 heavy (non-hydrogen) atoms. The van der Waals surface area contributed by atoms with Gasteiger partial charge in [0, 0.05) is 12.6 Å². The van der Waals surface area contributed by atoms with Gasteiger partial charge in [0.25, 0.3) is 0 Å². The zero-order valence-corrected chi connectivity index (χ0v) is 10.5. The number of nitrogens with one attached hydrogen (secondary N) is 1. The Morgan fingerprint density at radius 2 is 2.06 bits per heavy atom. The number of ether oxygens (including phenoxy) is 1. The maximum atomic E-state index is 12.0.